The zero-order chi connectivity index (χ0) is 15.2. The zero-order valence-corrected chi connectivity index (χ0v) is 11.0. The van der Waals surface area contributed by atoms with E-state index in [9.17, 15) is 14.0 Å². The van der Waals surface area contributed by atoms with E-state index in [2.05, 4.69) is 4.98 Å². The topological polar surface area (TPSA) is 82.2 Å². The molecule has 2 rings (SSSR count). The van der Waals surface area contributed by atoms with Crippen LogP contribution in [0.2, 0.25) is 0 Å². The van der Waals surface area contributed by atoms with Crippen molar-refractivity contribution < 1.29 is 19.2 Å². The summed E-state index contributed by atoms with van der Waals surface area (Å²) in [6.07, 6.45) is 1.12. The molecule has 3 N–H and O–H groups in total. The summed E-state index contributed by atoms with van der Waals surface area (Å²) >= 11 is 0. The molecule has 0 bridgehead atoms. The standard InChI is InChI=1S/C15H13FN2O3/c16-12(15(20)18-21)9-11-6-7-13(17-11)14(19)8-10-4-2-1-3-5-10/h1-7,9,17,21H,8H2,(H,18,20)/b12-9+. The van der Waals surface area contributed by atoms with Gasteiger partial charge in [-0.3, -0.25) is 14.8 Å². The van der Waals surface area contributed by atoms with Crippen LogP contribution in [-0.2, 0) is 11.2 Å². The lowest BCUT2D eigenvalue weighted by molar-refractivity contribution is -0.126. The summed E-state index contributed by atoms with van der Waals surface area (Å²) in [6.45, 7) is 0. The van der Waals surface area contributed by atoms with Crippen LogP contribution in [0.15, 0.2) is 48.3 Å². The molecule has 1 aromatic heterocycles. The van der Waals surface area contributed by atoms with Gasteiger partial charge in [-0.1, -0.05) is 30.3 Å². The molecule has 5 nitrogen and oxygen atoms in total. The number of H-pyrrole nitrogens is 1. The van der Waals surface area contributed by atoms with Gasteiger partial charge in [-0.15, -0.1) is 0 Å². The van der Waals surface area contributed by atoms with Gasteiger partial charge in [-0.25, -0.2) is 9.87 Å². The lowest BCUT2D eigenvalue weighted by Gasteiger charge is -1.99. The average molecular weight is 288 g/mol. The molecule has 108 valence electrons. The highest BCUT2D eigenvalue weighted by molar-refractivity contribution is 5.97. The second-order valence-electron chi connectivity index (χ2n) is 4.35. The summed E-state index contributed by atoms with van der Waals surface area (Å²) in [5.74, 6) is -2.56. The number of hydroxylamine groups is 1. The summed E-state index contributed by atoms with van der Waals surface area (Å²) < 4.78 is 13.2. The molecule has 21 heavy (non-hydrogen) atoms. The van der Waals surface area contributed by atoms with Crippen LogP contribution in [0.4, 0.5) is 4.39 Å². The molecule has 0 atom stereocenters. The third-order valence-corrected chi connectivity index (χ3v) is 2.82. The molecule has 0 saturated carbocycles. The Morgan fingerprint density at radius 1 is 1.19 bits per heavy atom. The number of benzene rings is 1. The van der Waals surface area contributed by atoms with E-state index in [1.807, 2.05) is 30.3 Å². The second kappa shape index (κ2) is 6.62. The van der Waals surface area contributed by atoms with Crippen LogP contribution in [-0.4, -0.2) is 21.9 Å². The number of halogens is 1. The monoisotopic (exact) mass is 288 g/mol. The van der Waals surface area contributed by atoms with Crippen LogP contribution in [0.1, 0.15) is 21.7 Å². The molecule has 0 aliphatic carbocycles. The number of aromatic amines is 1. The molecular weight excluding hydrogens is 275 g/mol. The third kappa shape index (κ3) is 3.87. The maximum atomic E-state index is 13.2. The van der Waals surface area contributed by atoms with Gasteiger partial charge in [0.05, 0.1) is 5.69 Å². The highest BCUT2D eigenvalue weighted by Crippen LogP contribution is 2.11. The van der Waals surface area contributed by atoms with E-state index in [1.54, 1.807) is 0 Å². The van der Waals surface area contributed by atoms with Crippen LogP contribution in [0.3, 0.4) is 0 Å². The van der Waals surface area contributed by atoms with Crippen LogP contribution in [0.5, 0.6) is 0 Å². The molecule has 2 aromatic rings. The summed E-state index contributed by atoms with van der Waals surface area (Å²) in [5.41, 5.74) is 2.64. The summed E-state index contributed by atoms with van der Waals surface area (Å²) in [6, 6.07) is 12.2. The molecule has 0 saturated heterocycles. The summed E-state index contributed by atoms with van der Waals surface area (Å²) in [4.78, 5) is 25.6. The number of hydrogen-bond acceptors (Lipinski definition) is 3. The fraction of sp³-hybridized carbons (Fsp3) is 0.0667. The molecular formula is C15H13FN2O3. The molecule has 0 aliphatic rings. The predicted octanol–water partition coefficient (Wildman–Crippen LogP) is 2.26. The number of aromatic nitrogens is 1. The number of carbonyl (C=O) groups is 2. The van der Waals surface area contributed by atoms with Crippen molar-refractivity contribution in [3.63, 3.8) is 0 Å². The largest absolute Gasteiger partial charge is 0.353 e. The van der Waals surface area contributed by atoms with Gasteiger partial charge in [0.25, 0.3) is 0 Å². The maximum absolute atomic E-state index is 13.2. The van der Waals surface area contributed by atoms with Gasteiger partial charge in [0.15, 0.2) is 11.6 Å². The van der Waals surface area contributed by atoms with Gasteiger partial charge in [-0.05, 0) is 17.7 Å². The number of Topliss-reactive ketones (excluding diaryl/α,β-unsaturated/α-hetero) is 1. The Kier molecular flexibility index (Phi) is 4.63. The number of carbonyl (C=O) groups excluding carboxylic acids is 2. The molecule has 1 amide bonds. The van der Waals surface area contributed by atoms with Gasteiger partial charge < -0.3 is 4.98 Å². The van der Waals surface area contributed by atoms with Crippen LogP contribution < -0.4 is 5.48 Å². The van der Waals surface area contributed by atoms with Crippen molar-refractivity contribution in [2.45, 2.75) is 6.42 Å². The molecule has 1 heterocycles. The normalized spacial score (nSPS) is 11.2. The second-order valence-corrected chi connectivity index (χ2v) is 4.35. The van der Waals surface area contributed by atoms with Crippen molar-refractivity contribution in [2.75, 3.05) is 0 Å². The molecule has 0 radical (unpaired) electrons. The van der Waals surface area contributed by atoms with E-state index >= 15 is 0 Å². The molecule has 0 spiro atoms. The van der Waals surface area contributed by atoms with E-state index < -0.39 is 11.7 Å². The van der Waals surface area contributed by atoms with Crippen LogP contribution in [0.25, 0.3) is 6.08 Å². The van der Waals surface area contributed by atoms with E-state index in [-0.39, 0.29) is 17.9 Å². The Morgan fingerprint density at radius 3 is 2.57 bits per heavy atom. The van der Waals surface area contributed by atoms with Crippen molar-refractivity contribution in [3.05, 3.63) is 65.2 Å². The molecule has 1 aromatic carbocycles. The lowest BCUT2D eigenvalue weighted by atomic mass is 10.1. The highest BCUT2D eigenvalue weighted by Gasteiger charge is 2.11. The first-order valence-electron chi connectivity index (χ1n) is 6.18. The molecule has 6 heteroatoms. The number of rotatable bonds is 5. The van der Waals surface area contributed by atoms with Gasteiger partial charge in [-0.2, -0.15) is 0 Å². The maximum Gasteiger partial charge on any atom is 0.303 e. The van der Waals surface area contributed by atoms with Crippen molar-refractivity contribution in [2.24, 2.45) is 0 Å². The SMILES string of the molecule is O=C(NO)/C(F)=C\c1ccc(C(=O)Cc2ccccc2)[nH]1. The Bertz CT molecular complexity index is 677. The van der Waals surface area contributed by atoms with E-state index in [0.717, 1.165) is 11.6 Å². The number of amides is 1. The summed E-state index contributed by atoms with van der Waals surface area (Å²) in [7, 11) is 0. The van der Waals surface area contributed by atoms with Gasteiger partial charge in [0.2, 0.25) is 0 Å². The molecule has 0 unspecified atom stereocenters. The minimum atomic E-state index is -1.25. The van der Waals surface area contributed by atoms with E-state index in [4.69, 9.17) is 5.21 Å². The number of ketones is 1. The Balaban J connectivity index is 2.09. The van der Waals surface area contributed by atoms with Crippen LogP contribution >= 0.6 is 0 Å². The first-order chi connectivity index (χ1) is 10.1. The van der Waals surface area contributed by atoms with Gasteiger partial charge >= 0.3 is 5.91 Å². The minimum absolute atomic E-state index is 0.145. The summed E-state index contributed by atoms with van der Waals surface area (Å²) in [5, 5.41) is 8.30. The zero-order valence-electron chi connectivity index (χ0n) is 11.0. The number of hydrogen-bond donors (Lipinski definition) is 3. The Morgan fingerprint density at radius 2 is 1.90 bits per heavy atom. The first kappa shape index (κ1) is 14.7. The van der Waals surface area contributed by atoms with Crippen molar-refractivity contribution in [3.8, 4) is 0 Å². The van der Waals surface area contributed by atoms with Crippen molar-refractivity contribution in [1.29, 1.82) is 0 Å². The average Bonchev–Trinajstić information content (AvgIpc) is 2.96. The fourth-order valence-corrected chi connectivity index (χ4v) is 1.79. The van der Waals surface area contributed by atoms with Crippen molar-refractivity contribution >= 4 is 17.8 Å². The predicted molar refractivity (Wildman–Crippen MR) is 74.3 cm³/mol. The van der Waals surface area contributed by atoms with Gasteiger partial charge in [0.1, 0.15) is 0 Å². The number of nitrogens with one attached hydrogen (secondary N) is 2. The quantitative estimate of drug-likeness (QED) is 0.341. The Labute approximate surface area is 120 Å². The van der Waals surface area contributed by atoms with E-state index in [1.165, 1.54) is 17.6 Å². The fourth-order valence-electron chi connectivity index (χ4n) is 1.79. The molecule has 0 aliphatic heterocycles. The van der Waals surface area contributed by atoms with E-state index in [0.29, 0.717) is 5.69 Å². The highest BCUT2D eigenvalue weighted by atomic mass is 19.1. The third-order valence-electron chi connectivity index (χ3n) is 2.82. The smallest absolute Gasteiger partial charge is 0.303 e. The van der Waals surface area contributed by atoms with Crippen LogP contribution in [0, 0.1) is 0 Å². The Hall–Kier alpha value is -2.73. The van der Waals surface area contributed by atoms with Crippen molar-refractivity contribution in [1.82, 2.24) is 10.5 Å². The minimum Gasteiger partial charge on any atom is -0.353 e. The molecule has 0 fully saturated rings. The van der Waals surface area contributed by atoms with Gasteiger partial charge in [0, 0.05) is 18.2 Å². The lowest BCUT2D eigenvalue weighted by Crippen LogP contribution is -2.18. The first-order valence-corrected chi connectivity index (χ1v) is 6.18.